The van der Waals surface area contributed by atoms with Gasteiger partial charge in [-0.3, -0.25) is 9.48 Å². The standard InChI is InChI=1S/C14H10BrF3IN3O4/c1-22-11(13(24)25)10(15)8(21-22)5-20-12(23)6-2-3-7(19)9(4-6)26-14(16,17)18/h2-4H,5H2,1H3,(H,20,23)(H,24,25). The van der Waals surface area contributed by atoms with Gasteiger partial charge in [-0.05, 0) is 56.7 Å². The number of aryl methyl sites for hydroxylation is 1. The number of carboxylic acids is 1. The third-order valence-corrected chi connectivity index (χ3v) is 4.82. The van der Waals surface area contributed by atoms with Crippen LogP contribution in [-0.4, -0.2) is 33.1 Å². The number of aromatic nitrogens is 2. The van der Waals surface area contributed by atoms with Gasteiger partial charge in [0, 0.05) is 12.6 Å². The van der Waals surface area contributed by atoms with E-state index in [1.54, 1.807) is 22.6 Å². The van der Waals surface area contributed by atoms with Gasteiger partial charge in [-0.15, -0.1) is 13.2 Å². The first kappa shape index (κ1) is 20.5. The Kier molecular flexibility index (Phi) is 6.16. The summed E-state index contributed by atoms with van der Waals surface area (Å²) in [5.74, 6) is -2.35. The lowest BCUT2D eigenvalue weighted by atomic mass is 10.2. The number of halogens is 5. The molecule has 0 aliphatic heterocycles. The molecule has 1 amide bonds. The number of alkyl halides is 3. The van der Waals surface area contributed by atoms with Gasteiger partial charge < -0.3 is 15.2 Å². The third kappa shape index (κ3) is 4.87. The highest BCUT2D eigenvalue weighted by molar-refractivity contribution is 14.1. The molecule has 0 spiro atoms. The molecule has 12 heteroatoms. The fourth-order valence-corrected chi connectivity index (χ4v) is 3.10. The number of rotatable bonds is 5. The quantitative estimate of drug-likeness (QED) is 0.560. The molecule has 2 rings (SSSR count). The predicted molar refractivity (Wildman–Crippen MR) is 94.9 cm³/mol. The van der Waals surface area contributed by atoms with Crippen molar-refractivity contribution in [3.8, 4) is 5.75 Å². The van der Waals surface area contributed by atoms with Crippen molar-refractivity contribution < 1.29 is 32.6 Å². The van der Waals surface area contributed by atoms with Gasteiger partial charge in [0.05, 0.1) is 20.3 Å². The van der Waals surface area contributed by atoms with Crippen LogP contribution in [0.5, 0.6) is 5.75 Å². The molecule has 0 aliphatic carbocycles. The topological polar surface area (TPSA) is 93.5 Å². The van der Waals surface area contributed by atoms with Crippen molar-refractivity contribution in [2.45, 2.75) is 12.9 Å². The number of carboxylic acid groups (broad SMARTS) is 1. The zero-order valence-corrected chi connectivity index (χ0v) is 16.6. The summed E-state index contributed by atoms with van der Waals surface area (Å²) in [5.41, 5.74) is 0.120. The number of carbonyl (C=O) groups is 2. The first-order chi connectivity index (χ1) is 12.0. The van der Waals surface area contributed by atoms with E-state index in [2.05, 4.69) is 31.1 Å². The van der Waals surface area contributed by atoms with E-state index >= 15 is 0 Å². The highest BCUT2D eigenvalue weighted by atomic mass is 127. The van der Waals surface area contributed by atoms with Crippen LogP contribution in [0.2, 0.25) is 0 Å². The van der Waals surface area contributed by atoms with Crippen LogP contribution in [0.1, 0.15) is 26.5 Å². The molecule has 26 heavy (non-hydrogen) atoms. The van der Waals surface area contributed by atoms with E-state index in [1.807, 2.05) is 0 Å². The maximum absolute atomic E-state index is 12.4. The van der Waals surface area contributed by atoms with Crippen LogP contribution in [0, 0.1) is 3.57 Å². The van der Waals surface area contributed by atoms with Crippen molar-refractivity contribution in [3.05, 3.63) is 43.2 Å². The van der Waals surface area contributed by atoms with E-state index in [1.165, 1.54) is 19.2 Å². The molecule has 0 unspecified atom stereocenters. The fraction of sp³-hybridized carbons (Fsp3) is 0.214. The van der Waals surface area contributed by atoms with E-state index in [-0.39, 0.29) is 31.5 Å². The highest BCUT2D eigenvalue weighted by Crippen LogP contribution is 2.28. The molecule has 0 saturated heterocycles. The van der Waals surface area contributed by atoms with E-state index in [0.29, 0.717) is 0 Å². The second kappa shape index (κ2) is 7.82. The van der Waals surface area contributed by atoms with E-state index in [0.717, 1.165) is 10.7 Å². The number of nitrogens with zero attached hydrogens (tertiary/aromatic N) is 2. The molecule has 0 bridgehead atoms. The second-order valence-corrected chi connectivity index (χ2v) is 6.87. The second-order valence-electron chi connectivity index (χ2n) is 4.91. The smallest absolute Gasteiger partial charge is 0.476 e. The molecule has 0 aliphatic rings. The summed E-state index contributed by atoms with van der Waals surface area (Å²) in [6.07, 6.45) is -4.87. The van der Waals surface area contributed by atoms with Gasteiger partial charge in [-0.1, -0.05) is 0 Å². The molecule has 140 valence electrons. The normalized spacial score (nSPS) is 11.3. The summed E-state index contributed by atoms with van der Waals surface area (Å²) in [5, 5.41) is 15.5. The van der Waals surface area contributed by atoms with Gasteiger partial charge in [0.1, 0.15) is 5.75 Å². The molecule has 2 N–H and O–H groups in total. The summed E-state index contributed by atoms with van der Waals surface area (Å²) in [7, 11) is 1.43. The number of hydrogen-bond donors (Lipinski definition) is 2. The first-order valence-corrected chi connectivity index (χ1v) is 8.65. The minimum Gasteiger partial charge on any atom is -0.476 e. The van der Waals surface area contributed by atoms with Crippen LogP contribution in [0.25, 0.3) is 0 Å². The minimum atomic E-state index is -4.87. The van der Waals surface area contributed by atoms with Crippen LogP contribution < -0.4 is 10.1 Å². The molecule has 1 aromatic heterocycles. The van der Waals surface area contributed by atoms with Crippen molar-refractivity contribution in [1.82, 2.24) is 15.1 Å². The molecule has 0 fully saturated rings. The molecule has 0 atom stereocenters. The Balaban J connectivity index is 2.15. The fourth-order valence-electron chi connectivity index (χ4n) is 2.01. The third-order valence-electron chi connectivity index (χ3n) is 3.09. The number of nitrogens with one attached hydrogen (secondary N) is 1. The van der Waals surface area contributed by atoms with E-state index in [9.17, 15) is 22.8 Å². The molecule has 0 radical (unpaired) electrons. The number of aromatic carboxylic acids is 1. The summed E-state index contributed by atoms with van der Waals surface area (Å²) in [6, 6.07) is 3.63. The summed E-state index contributed by atoms with van der Waals surface area (Å²) >= 11 is 4.76. The molecule has 1 heterocycles. The van der Waals surface area contributed by atoms with Crippen LogP contribution in [0.4, 0.5) is 13.2 Å². The van der Waals surface area contributed by atoms with E-state index in [4.69, 9.17) is 5.11 Å². The molecule has 7 nitrogen and oxygen atoms in total. The van der Waals surface area contributed by atoms with Gasteiger partial charge in [0.2, 0.25) is 0 Å². The van der Waals surface area contributed by atoms with Crippen LogP contribution in [-0.2, 0) is 13.6 Å². The van der Waals surface area contributed by atoms with Crippen molar-refractivity contribution in [2.75, 3.05) is 0 Å². The lowest BCUT2D eigenvalue weighted by molar-refractivity contribution is -0.275. The Bertz CT molecular complexity index is 870. The predicted octanol–water partition coefficient (Wildman–Crippen LogP) is 3.31. The number of carbonyl (C=O) groups excluding carboxylic acids is 1. The summed E-state index contributed by atoms with van der Waals surface area (Å²) < 4.78 is 42.6. The molecule has 2 aromatic rings. The summed E-state index contributed by atoms with van der Waals surface area (Å²) in [4.78, 5) is 23.3. The molecular weight excluding hydrogens is 538 g/mol. The van der Waals surface area contributed by atoms with Gasteiger partial charge in [-0.25, -0.2) is 4.79 Å². The van der Waals surface area contributed by atoms with Gasteiger partial charge in [-0.2, -0.15) is 5.10 Å². The van der Waals surface area contributed by atoms with Gasteiger partial charge in [0.15, 0.2) is 5.69 Å². The first-order valence-electron chi connectivity index (χ1n) is 6.77. The van der Waals surface area contributed by atoms with Crippen molar-refractivity contribution >= 4 is 50.4 Å². The average molecular weight is 548 g/mol. The van der Waals surface area contributed by atoms with Crippen LogP contribution >= 0.6 is 38.5 Å². The molecular formula is C14H10BrF3IN3O4. The maximum atomic E-state index is 12.4. The Morgan fingerprint density at radius 3 is 2.62 bits per heavy atom. The number of amides is 1. The average Bonchev–Trinajstić information content (AvgIpc) is 2.79. The summed E-state index contributed by atoms with van der Waals surface area (Å²) in [6.45, 7) is -0.123. The maximum Gasteiger partial charge on any atom is 0.573 e. The zero-order valence-electron chi connectivity index (χ0n) is 12.9. The van der Waals surface area contributed by atoms with Crippen molar-refractivity contribution in [2.24, 2.45) is 7.05 Å². The number of ether oxygens (including phenoxy) is 1. The Morgan fingerprint density at radius 2 is 2.08 bits per heavy atom. The Hall–Kier alpha value is -1.83. The van der Waals surface area contributed by atoms with Crippen molar-refractivity contribution in [3.63, 3.8) is 0 Å². The number of hydrogen-bond acceptors (Lipinski definition) is 4. The lowest BCUT2D eigenvalue weighted by Gasteiger charge is -2.12. The van der Waals surface area contributed by atoms with Crippen LogP contribution in [0.15, 0.2) is 22.7 Å². The largest absolute Gasteiger partial charge is 0.573 e. The van der Waals surface area contributed by atoms with Gasteiger partial charge in [0.25, 0.3) is 5.91 Å². The van der Waals surface area contributed by atoms with Crippen molar-refractivity contribution in [1.29, 1.82) is 0 Å². The van der Waals surface area contributed by atoms with E-state index < -0.39 is 24.0 Å². The van der Waals surface area contributed by atoms with Crippen LogP contribution in [0.3, 0.4) is 0 Å². The SMILES string of the molecule is Cn1nc(CNC(=O)c2ccc(I)c(OC(F)(F)F)c2)c(Br)c1C(=O)O. The highest BCUT2D eigenvalue weighted by Gasteiger charge is 2.32. The minimum absolute atomic E-state index is 0.0461. The van der Waals surface area contributed by atoms with Gasteiger partial charge >= 0.3 is 12.3 Å². The number of benzene rings is 1. The molecule has 1 aromatic carbocycles. The lowest BCUT2D eigenvalue weighted by Crippen LogP contribution is -2.24. The Morgan fingerprint density at radius 1 is 1.42 bits per heavy atom. The monoisotopic (exact) mass is 547 g/mol. The Labute approximate surface area is 166 Å². The molecule has 0 saturated carbocycles. The zero-order chi connectivity index (χ0) is 19.6.